The molecule has 12 aromatic rings. The summed E-state index contributed by atoms with van der Waals surface area (Å²) in [6.07, 6.45) is 0. The first kappa shape index (κ1) is 29.8. The van der Waals surface area contributed by atoms with Crippen molar-refractivity contribution < 1.29 is 4.42 Å². The third-order valence-corrected chi connectivity index (χ3v) is 12.6. The summed E-state index contributed by atoms with van der Waals surface area (Å²) in [6, 6.07) is 66.7. The Balaban J connectivity index is 1.00. The third-order valence-electron chi connectivity index (χ3n) is 11.4. The fourth-order valence-electron chi connectivity index (χ4n) is 8.96. The standard InChI is InChI=1S/C52H30OS/c1-2-11-35-29-37(22-19-31(35)9-1)49-41-15-7-5-13-39(41)48(40-14-6-8-16-42(40)49)34-20-17-32(18-21-34)36-23-26-45-44(30-36)43-25-28-47-51(52(43)53-45)50-38-12-4-3-10-33(38)24-27-46(50)54-47/h1-30H. The van der Waals surface area contributed by atoms with E-state index in [0.29, 0.717) is 0 Å². The minimum atomic E-state index is 0.918. The first-order valence-electron chi connectivity index (χ1n) is 18.5. The first-order valence-corrected chi connectivity index (χ1v) is 19.3. The third kappa shape index (κ3) is 4.32. The normalized spacial score (nSPS) is 12.1. The molecule has 0 aliphatic carbocycles. The highest BCUT2D eigenvalue weighted by Gasteiger charge is 2.19. The number of hydrogen-bond acceptors (Lipinski definition) is 2. The topological polar surface area (TPSA) is 13.1 Å². The number of fused-ring (bicyclic) bond motifs is 12. The molecule has 1 nitrogen and oxygen atoms in total. The zero-order valence-corrected chi connectivity index (χ0v) is 30.0. The zero-order valence-electron chi connectivity index (χ0n) is 29.1. The molecule has 0 aliphatic heterocycles. The van der Waals surface area contributed by atoms with Crippen molar-refractivity contribution in [2.45, 2.75) is 0 Å². The first-order chi connectivity index (χ1) is 26.8. The van der Waals surface area contributed by atoms with Crippen LogP contribution in [0.5, 0.6) is 0 Å². The Morgan fingerprint density at radius 1 is 0.315 bits per heavy atom. The predicted molar refractivity (Wildman–Crippen MR) is 233 cm³/mol. The van der Waals surface area contributed by atoms with Crippen LogP contribution in [-0.2, 0) is 0 Å². The lowest BCUT2D eigenvalue weighted by Crippen LogP contribution is -1.91. The molecule has 12 rings (SSSR count). The van der Waals surface area contributed by atoms with Crippen LogP contribution in [-0.4, -0.2) is 0 Å². The van der Waals surface area contributed by atoms with Crippen molar-refractivity contribution in [3.8, 4) is 33.4 Å². The zero-order chi connectivity index (χ0) is 35.3. The lowest BCUT2D eigenvalue weighted by Gasteiger charge is -2.18. The Kier molecular flexibility index (Phi) is 6.28. The summed E-state index contributed by atoms with van der Waals surface area (Å²) in [5, 5.41) is 14.9. The Morgan fingerprint density at radius 2 is 0.852 bits per heavy atom. The van der Waals surface area contributed by atoms with Gasteiger partial charge in [0.15, 0.2) is 0 Å². The Labute approximate surface area is 314 Å². The molecule has 10 aromatic carbocycles. The molecule has 0 unspecified atom stereocenters. The van der Waals surface area contributed by atoms with E-state index in [-0.39, 0.29) is 0 Å². The average molecular weight is 703 g/mol. The second-order valence-corrected chi connectivity index (χ2v) is 15.5. The van der Waals surface area contributed by atoms with Crippen molar-refractivity contribution >= 4 is 96.5 Å². The van der Waals surface area contributed by atoms with E-state index in [4.69, 9.17) is 4.42 Å². The minimum Gasteiger partial charge on any atom is -0.455 e. The van der Waals surface area contributed by atoms with Crippen LogP contribution in [0.1, 0.15) is 0 Å². The molecule has 2 heteroatoms. The maximum Gasteiger partial charge on any atom is 0.144 e. The van der Waals surface area contributed by atoms with Gasteiger partial charge in [-0.05, 0) is 113 Å². The van der Waals surface area contributed by atoms with E-state index >= 15 is 0 Å². The molecule has 0 aliphatic rings. The number of rotatable bonds is 3. The van der Waals surface area contributed by atoms with E-state index in [1.54, 1.807) is 0 Å². The van der Waals surface area contributed by atoms with Crippen LogP contribution < -0.4 is 0 Å². The SMILES string of the molecule is c1ccc2cc(-c3c4ccccc4c(-c4ccc(-c5ccc6oc7c(ccc8sc9ccc%10ccccc%10c9c87)c6c5)cc4)c4ccccc34)ccc2c1. The lowest BCUT2D eigenvalue weighted by molar-refractivity contribution is 0.673. The van der Waals surface area contributed by atoms with Gasteiger partial charge < -0.3 is 4.42 Å². The molecule has 0 saturated heterocycles. The van der Waals surface area contributed by atoms with Crippen molar-refractivity contribution in [3.05, 3.63) is 182 Å². The van der Waals surface area contributed by atoms with Gasteiger partial charge >= 0.3 is 0 Å². The fourth-order valence-corrected chi connectivity index (χ4v) is 10.1. The summed E-state index contributed by atoms with van der Waals surface area (Å²) in [6.45, 7) is 0. The molecule has 0 amide bonds. The van der Waals surface area contributed by atoms with Gasteiger partial charge in [0.25, 0.3) is 0 Å². The molecule has 2 aromatic heterocycles. The second kappa shape index (κ2) is 11.4. The largest absolute Gasteiger partial charge is 0.455 e. The molecule has 0 saturated carbocycles. The van der Waals surface area contributed by atoms with E-state index in [2.05, 4.69) is 182 Å². The minimum absolute atomic E-state index is 0.918. The van der Waals surface area contributed by atoms with E-state index in [0.717, 1.165) is 21.9 Å². The number of benzene rings is 10. The summed E-state index contributed by atoms with van der Waals surface area (Å²) in [5.74, 6) is 0. The van der Waals surface area contributed by atoms with Crippen LogP contribution >= 0.6 is 11.3 Å². The van der Waals surface area contributed by atoms with Gasteiger partial charge in [-0.15, -0.1) is 11.3 Å². The van der Waals surface area contributed by atoms with Crippen molar-refractivity contribution in [1.29, 1.82) is 0 Å². The highest BCUT2D eigenvalue weighted by molar-refractivity contribution is 7.26. The van der Waals surface area contributed by atoms with E-state index in [1.165, 1.54) is 96.6 Å². The average Bonchev–Trinajstić information content (AvgIpc) is 3.81. The summed E-state index contributed by atoms with van der Waals surface area (Å²) >= 11 is 1.84. The van der Waals surface area contributed by atoms with Crippen molar-refractivity contribution in [1.82, 2.24) is 0 Å². The highest BCUT2D eigenvalue weighted by Crippen LogP contribution is 2.46. The van der Waals surface area contributed by atoms with Crippen LogP contribution in [0, 0.1) is 0 Å². The Morgan fingerprint density at radius 3 is 1.59 bits per heavy atom. The number of thiophene rings is 1. The molecule has 0 spiro atoms. The van der Waals surface area contributed by atoms with Crippen LogP contribution in [0.2, 0.25) is 0 Å². The molecule has 54 heavy (non-hydrogen) atoms. The van der Waals surface area contributed by atoms with Gasteiger partial charge in [0.1, 0.15) is 11.2 Å². The molecular formula is C52H30OS. The van der Waals surface area contributed by atoms with E-state index in [1.807, 2.05) is 11.3 Å². The molecule has 0 bridgehead atoms. The molecule has 0 atom stereocenters. The number of hydrogen-bond donors (Lipinski definition) is 0. The van der Waals surface area contributed by atoms with Gasteiger partial charge in [0.2, 0.25) is 0 Å². The maximum atomic E-state index is 6.70. The van der Waals surface area contributed by atoms with Crippen molar-refractivity contribution in [2.75, 3.05) is 0 Å². The van der Waals surface area contributed by atoms with Gasteiger partial charge in [-0.2, -0.15) is 0 Å². The Hall–Kier alpha value is -6.74. The highest BCUT2D eigenvalue weighted by atomic mass is 32.1. The summed E-state index contributed by atoms with van der Waals surface area (Å²) < 4.78 is 9.25. The summed E-state index contributed by atoms with van der Waals surface area (Å²) in [5.41, 5.74) is 9.27. The monoisotopic (exact) mass is 702 g/mol. The maximum absolute atomic E-state index is 6.70. The lowest BCUT2D eigenvalue weighted by atomic mass is 9.85. The van der Waals surface area contributed by atoms with Crippen LogP contribution in [0.3, 0.4) is 0 Å². The van der Waals surface area contributed by atoms with Crippen LogP contribution in [0.15, 0.2) is 186 Å². The molecular weight excluding hydrogens is 673 g/mol. The molecule has 2 heterocycles. The van der Waals surface area contributed by atoms with Gasteiger partial charge in [-0.3, -0.25) is 0 Å². The number of furan rings is 1. The molecule has 250 valence electrons. The van der Waals surface area contributed by atoms with E-state index < -0.39 is 0 Å². The summed E-state index contributed by atoms with van der Waals surface area (Å²) in [4.78, 5) is 0. The molecule has 0 N–H and O–H groups in total. The molecule has 0 radical (unpaired) electrons. The molecule has 0 fully saturated rings. The Bertz CT molecular complexity index is 3430. The van der Waals surface area contributed by atoms with Crippen LogP contribution in [0.25, 0.3) is 119 Å². The van der Waals surface area contributed by atoms with Gasteiger partial charge in [-0.1, -0.05) is 146 Å². The fraction of sp³-hybridized carbons (Fsp3) is 0. The van der Waals surface area contributed by atoms with Gasteiger partial charge in [-0.25, -0.2) is 0 Å². The van der Waals surface area contributed by atoms with Crippen molar-refractivity contribution in [3.63, 3.8) is 0 Å². The van der Waals surface area contributed by atoms with Crippen LogP contribution in [0.4, 0.5) is 0 Å². The van der Waals surface area contributed by atoms with Gasteiger partial charge in [0.05, 0.1) is 0 Å². The predicted octanol–water partition coefficient (Wildman–Crippen LogP) is 15.6. The quantitative estimate of drug-likeness (QED) is 0.167. The summed E-state index contributed by atoms with van der Waals surface area (Å²) in [7, 11) is 0. The van der Waals surface area contributed by atoms with Gasteiger partial charge in [0, 0.05) is 30.9 Å². The second-order valence-electron chi connectivity index (χ2n) is 14.4. The van der Waals surface area contributed by atoms with Crippen molar-refractivity contribution in [2.24, 2.45) is 0 Å². The smallest absolute Gasteiger partial charge is 0.144 e. The van der Waals surface area contributed by atoms with E-state index in [9.17, 15) is 0 Å².